The molecule has 3 nitrogen and oxygen atoms in total. The molecule has 16 heavy (non-hydrogen) atoms. The van der Waals surface area contributed by atoms with Gasteiger partial charge in [-0.05, 0) is 5.92 Å². The zero-order valence-electron chi connectivity index (χ0n) is 11.9. The lowest BCUT2D eigenvalue weighted by atomic mass is 10.1. The van der Waals surface area contributed by atoms with Gasteiger partial charge in [0.25, 0.3) is 0 Å². The minimum atomic E-state index is 0.570. The highest BCUT2D eigenvalue weighted by Crippen LogP contribution is 1.95. The molecular weight excluding hydrogens is 198 g/mol. The van der Waals surface area contributed by atoms with Crippen molar-refractivity contribution in [3.8, 4) is 0 Å². The summed E-state index contributed by atoms with van der Waals surface area (Å²) < 4.78 is 0. The molecule has 0 aliphatic carbocycles. The van der Waals surface area contributed by atoms with Crippen molar-refractivity contribution in [3.05, 3.63) is 0 Å². The molecule has 0 aromatic heterocycles. The van der Waals surface area contributed by atoms with Crippen LogP contribution in [-0.4, -0.2) is 37.8 Å². The van der Waals surface area contributed by atoms with Crippen molar-refractivity contribution in [3.63, 3.8) is 0 Å². The van der Waals surface area contributed by atoms with Gasteiger partial charge in [-0.3, -0.25) is 0 Å². The van der Waals surface area contributed by atoms with Gasteiger partial charge in [0.2, 0.25) is 0 Å². The molecule has 0 saturated carbocycles. The van der Waals surface area contributed by atoms with Gasteiger partial charge in [-0.15, -0.1) is 0 Å². The Morgan fingerprint density at radius 1 is 0.562 bits per heavy atom. The summed E-state index contributed by atoms with van der Waals surface area (Å²) in [6.45, 7) is 16.4. The fourth-order valence-electron chi connectivity index (χ4n) is 1.42. The Morgan fingerprint density at radius 3 is 1.00 bits per heavy atom. The molecule has 98 valence electrons. The summed E-state index contributed by atoms with van der Waals surface area (Å²) in [7, 11) is 0. The minimum absolute atomic E-state index is 0.570. The van der Waals surface area contributed by atoms with E-state index in [0.29, 0.717) is 24.0 Å². The van der Waals surface area contributed by atoms with Crippen LogP contribution in [0.2, 0.25) is 0 Å². The number of rotatable bonds is 9. The van der Waals surface area contributed by atoms with Crippen molar-refractivity contribution in [2.24, 2.45) is 5.92 Å². The highest BCUT2D eigenvalue weighted by molar-refractivity contribution is 4.71. The summed E-state index contributed by atoms with van der Waals surface area (Å²) in [6, 6.07) is 1.71. The molecule has 0 aromatic carbocycles. The van der Waals surface area contributed by atoms with Crippen molar-refractivity contribution in [2.45, 2.75) is 59.7 Å². The average Bonchev–Trinajstić information content (AvgIpc) is 2.15. The molecule has 0 amide bonds. The second-order valence-corrected chi connectivity index (χ2v) is 5.55. The Kier molecular flexibility index (Phi) is 8.90. The van der Waals surface area contributed by atoms with Crippen LogP contribution in [0.3, 0.4) is 0 Å². The van der Waals surface area contributed by atoms with Crippen molar-refractivity contribution in [1.82, 2.24) is 16.0 Å². The fourth-order valence-corrected chi connectivity index (χ4v) is 1.42. The predicted octanol–water partition coefficient (Wildman–Crippen LogP) is 1.60. The van der Waals surface area contributed by atoms with E-state index in [1.54, 1.807) is 0 Å². The maximum Gasteiger partial charge on any atom is 0.00105 e. The van der Waals surface area contributed by atoms with Crippen LogP contribution in [0.4, 0.5) is 0 Å². The predicted molar refractivity (Wildman–Crippen MR) is 72.9 cm³/mol. The van der Waals surface area contributed by atoms with Gasteiger partial charge in [-0.25, -0.2) is 0 Å². The lowest BCUT2D eigenvalue weighted by molar-refractivity contribution is 0.378. The van der Waals surface area contributed by atoms with E-state index >= 15 is 0 Å². The first kappa shape index (κ1) is 15.9. The van der Waals surface area contributed by atoms with Gasteiger partial charge < -0.3 is 16.0 Å². The minimum Gasteiger partial charge on any atom is -0.314 e. The Bertz CT molecular complexity index is 127. The van der Waals surface area contributed by atoms with Crippen LogP contribution < -0.4 is 16.0 Å². The monoisotopic (exact) mass is 229 g/mol. The van der Waals surface area contributed by atoms with E-state index in [4.69, 9.17) is 0 Å². The lowest BCUT2D eigenvalue weighted by Crippen LogP contribution is -2.42. The van der Waals surface area contributed by atoms with E-state index in [2.05, 4.69) is 57.5 Å². The van der Waals surface area contributed by atoms with Gasteiger partial charge in [0.15, 0.2) is 0 Å². The maximum atomic E-state index is 3.51. The zero-order chi connectivity index (χ0) is 12.6. The summed E-state index contributed by atoms with van der Waals surface area (Å²) in [5.41, 5.74) is 0. The number of hydrogen-bond acceptors (Lipinski definition) is 3. The highest BCUT2D eigenvalue weighted by Gasteiger charge is 2.10. The normalized spacial score (nSPS) is 12.4. The van der Waals surface area contributed by atoms with Crippen LogP contribution in [-0.2, 0) is 0 Å². The molecule has 0 aliphatic heterocycles. The summed E-state index contributed by atoms with van der Waals surface area (Å²) >= 11 is 0. The zero-order valence-corrected chi connectivity index (χ0v) is 11.9. The molecule has 0 spiro atoms. The summed E-state index contributed by atoms with van der Waals surface area (Å²) in [5.74, 6) is 0.659. The van der Waals surface area contributed by atoms with E-state index < -0.39 is 0 Å². The van der Waals surface area contributed by atoms with Crippen LogP contribution in [0.25, 0.3) is 0 Å². The fraction of sp³-hybridized carbons (Fsp3) is 1.00. The molecule has 0 aliphatic rings. The average molecular weight is 229 g/mol. The van der Waals surface area contributed by atoms with Gasteiger partial charge in [-0.1, -0.05) is 41.5 Å². The molecule has 3 heteroatoms. The van der Waals surface area contributed by atoms with Crippen LogP contribution >= 0.6 is 0 Å². The molecule has 0 radical (unpaired) electrons. The SMILES string of the molecule is CC(C)NCC(CNC(C)C)CNC(C)C. The largest absolute Gasteiger partial charge is 0.314 e. The second kappa shape index (κ2) is 8.97. The van der Waals surface area contributed by atoms with E-state index in [1.165, 1.54) is 0 Å². The Morgan fingerprint density at radius 2 is 0.812 bits per heavy atom. The third-order valence-electron chi connectivity index (χ3n) is 2.44. The van der Waals surface area contributed by atoms with Crippen molar-refractivity contribution in [2.75, 3.05) is 19.6 Å². The van der Waals surface area contributed by atoms with Crippen LogP contribution in [0, 0.1) is 5.92 Å². The number of nitrogens with one attached hydrogen (secondary N) is 3. The highest BCUT2D eigenvalue weighted by atomic mass is 15.0. The van der Waals surface area contributed by atoms with Gasteiger partial charge in [0.05, 0.1) is 0 Å². The van der Waals surface area contributed by atoms with Crippen molar-refractivity contribution in [1.29, 1.82) is 0 Å². The van der Waals surface area contributed by atoms with E-state index in [0.717, 1.165) is 19.6 Å². The van der Waals surface area contributed by atoms with Crippen LogP contribution in [0.5, 0.6) is 0 Å². The second-order valence-electron chi connectivity index (χ2n) is 5.55. The van der Waals surface area contributed by atoms with Crippen LogP contribution in [0.1, 0.15) is 41.5 Å². The molecular formula is C13H31N3. The summed E-state index contributed by atoms with van der Waals surface area (Å²) in [5, 5.41) is 10.5. The van der Waals surface area contributed by atoms with E-state index in [9.17, 15) is 0 Å². The first-order valence-corrected chi connectivity index (χ1v) is 6.62. The molecule has 0 fully saturated rings. The third-order valence-corrected chi connectivity index (χ3v) is 2.44. The molecule has 0 heterocycles. The van der Waals surface area contributed by atoms with Gasteiger partial charge in [0, 0.05) is 37.8 Å². The Hall–Kier alpha value is -0.120. The smallest absolute Gasteiger partial charge is 0.00105 e. The molecule has 0 unspecified atom stereocenters. The van der Waals surface area contributed by atoms with Gasteiger partial charge in [0.1, 0.15) is 0 Å². The topological polar surface area (TPSA) is 36.1 Å². The van der Waals surface area contributed by atoms with E-state index in [-0.39, 0.29) is 0 Å². The van der Waals surface area contributed by atoms with Crippen molar-refractivity contribution >= 4 is 0 Å². The van der Waals surface area contributed by atoms with Gasteiger partial charge >= 0.3 is 0 Å². The third kappa shape index (κ3) is 10.4. The first-order valence-electron chi connectivity index (χ1n) is 6.62. The van der Waals surface area contributed by atoms with Gasteiger partial charge in [-0.2, -0.15) is 0 Å². The molecule has 0 saturated heterocycles. The van der Waals surface area contributed by atoms with Crippen molar-refractivity contribution < 1.29 is 0 Å². The standard InChI is InChI=1S/C13H31N3/c1-10(2)14-7-13(8-15-11(3)4)9-16-12(5)6/h10-16H,7-9H2,1-6H3. The maximum absolute atomic E-state index is 3.51. The lowest BCUT2D eigenvalue weighted by Gasteiger charge is -2.22. The molecule has 0 bridgehead atoms. The molecule has 0 aromatic rings. The summed E-state index contributed by atoms with van der Waals surface area (Å²) in [6.07, 6.45) is 0. The first-order chi connectivity index (χ1) is 7.41. The summed E-state index contributed by atoms with van der Waals surface area (Å²) in [4.78, 5) is 0. The Labute approximate surface area is 102 Å². The number of hydrogen-bond donors (Lipinski definition) is 3. The van der Waals surface area contributed by atoms with Crippen LogP contribution in [0.15, 0.2) is 0 Å². The molecule has 0 atom stereocenters. The van der Waals surface area contributed by atoms with E-state index in [1.807, 2.05) is 0 Å². The quantitative estimate of drug-likeness (QED) is 0.562. The molecule has 0 rings (SSSR count). The Balaban J connectivity index is 3.85. The molecule has 3 N–H and O–H groups in total.